The Morgan fingerprint density at radius 2 is 1.88 bits per heavy atom. The maximum atomic E-state index is 7.89. The Hall–Kier alpha value is -1.83. The highest BCUT2D eigenvalue weighted by Crippen LogP contribution is 2.26. The molecule has 0 fully saturated rings. The van der Waals surface area contributed by atoms with Gasteiger partial charge in [0.1, 0.15) is 0 Å². The lowest BCUT2D eigenvalue weighted by atomic mass is 9.95. The van der Waals surface area contributed by atoms with E-state index in [1.165, 1.54) is 10.8 Å². The number of hydrogen-bond acceptors (Lipinski definition) is 2. The summed E-state index contributed by atoms with van der Waals surface area (Å²) in [5.74, 6) is 0.338. The highest BCUT2D eigenvalue weighted by atomic mass is 16.5. The second-order valence-corrected chi connectivity index (χ2v) is 4.09. The fourth-order valence-corrected chi connectivity index (χ4v) is 2.05. The first-order chi connectivity index (χ1) is 8.24. The van der Waals surface area contributed by atoms with Gasteiger partial charge in [-0.2, -0.15) is 0 Å². The first-order valence-electron chi connectivity index (χ1n) is 5.93. The van der Waals surface area contributed by atoms with Crippen LogP contribution in [0.1, 0.15) is 25.3 Å². The molecule has 0 amide bonds. The van der Waals surface area contributed by atoms with E-state index in [0.717, 1.165) is 5.56 Å². The molecule has 88 valence electrons. The van der Waals surface area contributed by atoms with Crippen LogP contribution in [0.25, 0.3) is 10.8 Å². The molecule has 0 bridgehead atoms. The van der Waals surface area contributed by atoms with E-state index < -0.39 is 0 Å². The monoisotopic (exact) mass is 227 g/mol. The zero-order valence-electron chi connectivity index (χ0n) is 10.2. The average molecular weight is 227 g/mol. The molecule has 0 aromatic heterocycles. The lowest BCUT2D eigenvalue weighted by Crippen LogP contribution is -2.12. The minimum Gasteiger partial charge on any atom is -0.481 e. The van der Waals surface area contributed by atoms with Crippen molar-refractivity contribution in [3.8, 4) is 0 Å². The van der Waals surface area contributed by atoms with Crippen molar-refractivity contribution >= 4 is 16.7 Å². The van der Waals surface area contributed by atoms with Crippen LogP contribution in [0.2, 0.25) is 0 Å². The fourth-order valence-electron chi connectivity index (χ4n) is 2.05. The third-order valence-corrected chi connectivity index (χ3v) is 2.98. The lowest BCUT2D eigenvalue weighted by molar-refractivity contribution is 0.310. The zero-order chi connectivity index (χ0) is 12.3. The Balaban J connectivity index is 2.44. The summed E-state index contributed by atoms with van der Waals surface area (Å²) in [7, 11) is 0. The van der Waals surface area contributed by atoms with Crippen molar-refractivity contribution in [2.75, 3.05) is 6.61 Å². The molecule has 0 radical (unpaired) electrons. The predicted octanol–water partition coefficient (Wildman–Crippen LogP) is 3.96. The van der Waals surface area contributed by atoms with E-state index >= 15 is 0 Å². The molecule has 1 atom stereocenters. The summed E-state index contributed by atoms with van der Waals surface area (Å²) >= 11 is 0. The van der Waals surface area contributed by atoms with Crippen LogP contribution >= 0.6 is 0 Å². The van der Waals surface area contributed by atoms with Crippen LogP contribution in [-0.4, -0.2) is 12.5 Å². The van der Waals surface area contributed by atoms with E-state index in [1.807, 2.05) is 32.0 Å². The molecule has 0 saturated heterocycles. The quantitative estimate of drug-likeness (QED) is 0.625. The van der Waals surface area contributed by atoms with E-state index in [-0.39, 0.29) is 5.92 Å². The summed E-state index contributed by atoms with van der Waals surface area (Å²) in [6.07, 6.45) is 0. The van der Waals surface area contributed by atoms with Crippen molar-refractivity contribution in [2.45, 2.75) is 19.8 Å². The maximum Gasteiger partial charge on any atom is 0.187 e. The molecular weight excluding hydrogens is 210 g/mol. The predicted molar refractivity (Wildman–Crippen MR) is 71.7 cm³/mol. The molecule has 2 aromatic carbocycles. The lowest BCUT2D eigenvalue weighted by Gasteiger charge is -2.15. The van der Waals surface area contributed by atoms with Crippen LogP contribution in [-0.2, 0) is 4.74 Å². The van der Waals surface area contributed by atoms with Gasteiger partial charge in [-0.1, -0.05) is 42.5 Å². The molecule has 2 rings (SSSR count). The SMILES string of the molecule is CCOC(=N)[C@H](C)c1cccc2ccccc12. The summed E-state index contributed by atoms with van der Waals surface area (Å²) in [6.45, 7) is 4.47. The van der Waals surface area contributed by atoms with Gasteiger partial charge in [-0.3, -0.25) is 5.41 Å². The third kappa shape index (κ3) is 2.31. The summed E-state index contributed by atoms with van der Waals surface area (Å²) in [5, 5.41) is 10.3. The van der Waals surface area contributed by atoms with Crippen LogP contribution in [0.4, 0.5) is 0 Å². The van der Waals surface area contributed by atoms with Gasteiger partial charge in [0, 0.05) is 0 Å². The number of hydrogen-bond donors (Lipinski definition) is 1. The van der Waals surface area contributed by atoms with E-state index in [0.29, 0.717) is 12.5 Å². The number of rotatable bonds is 3. The number of fused-ring (bicyclic) bond motifs is 1. The van der Waals surface area contributed by atoms with Crippen molar-refractivity contribution < 1.29 is 4.74 Å². The van der Waals surface area contributed by atoms with E-state index in [2.05, 4.69) is 24.3 Å². The largest absolute Gasteiger partial charge is 0.481 e. The fraction of sp³-hybridized carbons (Fsp3) is 0.267. The topological polar surface area (TPSA) is 33.1 Å². The van der Waals surface area contributed by atoms with Gasteiger partial charge in [0.2, 0.25) is 0 Å². The third-order valence-electron chi connectivity index (χ3n) is 2.98. The molecule has 0 heterocycles. The molecule has 0 aliphatic rings. The van der Waals surface area contributed by atoms with Gasteiger partial charge in [0.15, 0.2) is 5.90 Å². The Bertz CT molecular complexity index is 528. The van der Waals surface area contributed by atoms with Crippen molar-refractivity contribution in [3.05, 3.63) is 48.0 Å². The standard InChI is InChI=1S/C15H17NO/c1-3-17-15(16)11(2)13-10-6-8-12-7-4-5-9-14(12)13/h4-11,16H,3H2,1-2H3/t11-/m1/s1. The van der Waals surface area contributed by atoms with Gasteiger partial charge in [0.05, 0.1) is 12.5 Å². The van der Waals surface area contributed by atoms with Gasteiger partial charge >= 0.3 is 0 Å². The Morgan fingerprint density at radius 1 is 1.18 bits per heavy atom. The van der Waals surface area contributed by atoms with Crippen LogP contribution in [0.5, 0.6) is 0 Å². The number of ether oxygens (including phenoxy) is 1. The van der Waals surface area contributed by atoms with E-state index in [1.54, 1.807) is 0 Å². The van der Waals surface area contributed by atoms with Crippen LogP contribution in [0.3, 0.4) is 0 Å². The van der Waals surface area contributed by atoms with Crippen molar-refractivity contribution in [1.29, 1.82) is 5.41 Å². The first kappa shape index (κ1) is 11.6. The molecule has 0 spiro atoms. The molecule has 2 heteroatoms. The molecule has 1 N–H and O–H groups in total. The van der Waals surface area contributed by atoms with Crippen LogP contribution < -0.4 is 0 Å². The van der Waals surface area contributed by atoms with Crippen LogP contribution in [0.15, 0.2) is 42.5 Å². The van der Waals surface area contributed by atoms with Gasteiger partial charge in [0.25, 0.3) is 0 Å². The second-order valence-electron chi connectivity index (χ2n) is 4.09. The van der Waals surface area contributed by atoms with Crippen LogP contribution in [0, 0.1) is 5.41 Å². The summed E-state index contributed by atoms with van der Waals surface area (Å²) in [6, 6.07) is 14.5. The van der Waals surface area contributed by atoms with Crippen molar-refractivity contribution in [3.63, 3.8) is 0 Å². The smallest absolute Gasteiger partial charge is 0.187 e. The number of nitrogens with one attached hydrogen (secondary N) is 1. The van der Waals surface area contributed by atoms with E-state index in [9.17, 15) is 0 Å². The molecule has 0 unspecified atom stereocenters. The molecule has 0 aliphatic heterocycles. The normalized spacial score (nSPS) is 12.4. The van der Waals surface area contributed by atoms with Crippen molar-refractivity contribution in [1.82, 2.24) is 0 Å². The maximum absolute atomic E-state index is 7.89. The molecule has 0 aliphatic carbocycles. The zero-order valence-corrected chi connectivity index (χ0v) is 10.2. The summed E-state index contributed by atoms with van der Waals surface area (Å²) in [5.41, 5.74) is 1.15. The van der Waals surface area contributed by atoms with Crippen molar-refractivity contribution in [2.24, 2.45) is 0 Å². The summed E-state index contributed by atoms with van der Waals surface area (Å²) in [4.78, 5) is 0. The molecular formula is C15H17NO. The van der Waals surface area contributed by atoms with Gasteiger partial charge in [-0.05, 0) is 30.2 Å². The van der Waals surface area contributed by atoms with E-state index in [4.69, 9.17) is 10.1 Å². The Kier molecular flexibility index (Phi) is 3.43. The minimum absolute atomic E-state index is 0.000972. The minimum atomic E-state index is 0.000972. The molecule has 2 aromatic rings. The van der Waals surface area contributed by atoms with Gasteiger partial charge in [-0.25, -0.2) is 0 Å². The second kappa shape index (κ2) is 5.00. The Labute approximate surface area is 102 Å². The highest BCUT2D eigenvalue weighted by molar-refractivity contribution is 5.91. The summed E-state index contributed by atoms with van der Waals surface area (Å²) < 4.78 is 5.29. The highest BCUT2D eigenvalue weighted by Gasteiger charge is 2.14. The molecule has 2 nitrogen and oxygen atoms in total. The van der Waals surface area contributed by atoms with Gasteiger partial charge < -0.3 is 4.74 Å². The molecule has 0 saturated carbocycles. The number of benzene rings is 2. The molecule has 17 heavy (non-hydrogen) atoms. The first-order valence-corrected chi connectivity index (χ1v) is 5.93. The Morgan fingerprint density at radius 3 is 2.65 bits per heavy atom. The van der Waals surface area contributed by atoms with Gasteiger partial charge in [-0.15, -0.1) is 0 Å². The average Bonchev–Trinajstić information content (AvgIpc) is 2.37.